The molecular weight excluding hydrogens is 332 g/mol. The molecule has 0 bridgehead atoms. The maximum atomic E-state index is 11.4. The van der Waals surface area contributed by atoms with E-state index < -0.39 is 0 Å². The van der Waals surface area contributed by atoms with Crippen molar-refractivity contribution in [3.63, 3.8) is 0 Å². The highest BCUT2D eigenvalue weighted by Gasteiger charge is 2.20. The Kier molecular flexibility index (Phi) is 5.97. The number of carbonyl (C=O) groups is 1. The molecular formula is C20H24N2O2S. The van der Waals surface area contributed by atoms with Crippen LogP contribution in [0.1, 0.15) is 43.8 Å². The molecule has 0 atom stereocenters. The fraction of sp³-hybridized carbons (Fsp3) is 0.400. The average Bonchev–Trinajstić information content (AvgIpc) is 3.11. The van der Waals surface area contributed by atoms with Gasteiger partial charge in [0.05, 0.1) is 24.5 Å². The Labute approximate surface area is 153 Å². The monoisotopic (exact) mass is 356 g/mol. The summed E-state index contributed by atoms with van der Waals surface area (Å²) in [7, 11) is 1.38. The molecule has 1 heterocycles. The van der Waals surface area contributed by atoms with E-state index in [9.17, 15) is 4.79 Å². The Balaban J connectivity index is 1.96. The minimum atomic E-state index is -0.363. The first-order valence-corrected chi connectivity index (χ1v) is 9.93. The van der Waals surface area contributed by atoms with Crippen molar-refractivity contribution in [3.8, 4) is 11.3 Å². The van der Waals surface area contributed by atoms with E-state index in [1.165, 1.54) is 37.3 Å². The fourth-order valence-electron chi connectivity index (χ4n) is 3.30. The smallest absolute Gasteiger partial charge is 0.330 e. The number of nitrogens with zero attached hydrogens (tertiary/aromatic N) is 2. The van der Waals surface area contributed by atoms with E-state index in [-0.39, 0.29) is 5.97 Å². The summed E-state index contributed by atoms with van der Waals surface area (Å²) in [4.78, 5) is 12.6. The highest BCUT2D eigenvalue weighted by Crippen LogP contribution is 2.33. The highest BCUT2D eigenvalue weighted by atomic mass is 32.2. The van der Waals surface area contributed by atoms with Crippen LogP contribution in [0.5, 0.6) is 0 Å². The van der Waals surface area contributed by atoms with Gasteiger partial charge in [-0.1, -0.05) is 31.4 Å². The van der Waals surface area contributed by atoms with Crippen LogP contribution in [0.3, 0.4) is 0 Å². The van der Waals surface area contributed by atoms with Gasteiger partial charge in [-0.15, -0.1) is 11.8 Å². The SMILES string of the molecule is COC(=O)/C=C/c1cc(-c2ccc(SC)cc2)n(C2CCCCC2)n1. The first-order valence-electron chi connectivity index (χ1n) is 8.71. The first-order chi connectivity index (χ1) is 12.2. The topological polar surface area (TPSA) is 44.1 Å². The molecule has 5 heteroatoms. The summed E-state index contributed by atoms with van der Waals surface area (Å²) in [6.07, 6.45) is 11.4. The van der Waals surface area contributed by atoms with Gasteiger partial charge in [-0.2, -0.15) is 5.10 Å². The van der Waals surface area contributed by atoms with Gasteiger partial charge in [-0.3, -0.25) is 4.68 Å². The van der Waals surface area contributed by atoms with Crippen LogP contribution in [-0.2, 0) is 9.53 Å². The van der Waals surface area contributed by atoms with Crippen molar-refractivity contribution in [2.24, 2.45) is 0 Å². The van der Waals surface area contributed by atoms with E-state index in [4.69, 9.17) is 5.10 Å². The van der Waals surface area contributed by atoms with E-state index in [1.54, 1.807) is 17.8 Å². The number of carbonyl (C=O) groups excluding carboxylic acids is 1. The average molecular weight is 356 g/mol. The fourth-order valence-corrected chi connectivity index (χ4v) is 3.71. The number of aromatic nitrogens is 2. The van der Waals surface area contributed by atoms with E-state index in [2.05, 4.69) is 46.0 Å². The van der Waals surface area contributed by atoms with E-state index in [0.29, 0.717) is 6.04 Å². The molecule has 0 amide bonds. The normalized spacial score (nSPS) is 15.6. The molecule has 25 heavy (non-hydrogen) atoms. The molecule has 0 N–H and O–H groups in total. The molecule has 4 nitrogen and oxygen atoms in total. The lowest BCUT2D eigenvalue weighted by Gasteiger charge is -2.24. The van der Waals surface area contributed by atoms with Crippen LogP contribution in [0.25, 0.3) is 17.3 Å². The molecule has 0 unspecified atom stereocenters. The highest BCUT2D eigenvalue weighted by molar-refractivity contribution is 7.98. The van der Waals surface area contributed by atoms with Crippen LogP contribution in [0.4, 0.5) is 0 Å². The molecule has 1 aliphatic carbocycles. The molecule has 0 spiro atoms. The second kappa shape index (κ2) is 8.39. The zero-order chi connectivity index (χ0) is 17.6. The van der Waals surface area contributed by atoms with Crippen LogP contribution >= 0.6 is 11.8 Å². The summed E-state index contributed by atoms with van der Waals surface area (Å²) in [5, 5.41) is 4.78. The molecule has 1 fully saturated rings. The zero-order valence-electron chi connectivity index (χ0n) is 14.8. The lowest BCUT2D eigenvalue weighted by atomic mass is 9.95. The molecule has 0 radical (unpaired) electrons. The van der Waals surface area contributed by atoms with Crippen LogP contribution in [0.15, 0.2) is 41.3 Å². The van der Waals surface area contributed by atoms with Crippen molar-refractivity contribution < 1.29 is 9.53 Å². The van der Waals surface area contributed by atoms with Gasteiger partial charge >= 0.3 is 5.97 Å². The van der Waals surface area contributed by atoms with Gasteiger partial charge in [0.15, 0.2) is 0 Å². The summed E-state index contributed by atoms with van der Waals surface area (Å²) < 4.78 is 6.83. The quantitative estimate of drug-likeness (QED) is 0.431. The van der Waals surface area contributed by atoms with Gasteiger partial charge < -0.3 is 4.74 Å². The predicted molar refractivity (Wildman–Crippen MR) is 103 cm³/mol. The van der Waals surface area contributed by atoms with Gasteiger partial charge in [0.1, 0.15) is 0 Å². The number of rotatable bonds is 5. The number of hydrogen-bond acceptors (Lipinski definition) is 4. The molecule has 132 valence electrons. The van der Waals surface area contributed by atoms with Gasteiger partial charge in [0.2, 0.25) is 0 Å². The van der Waals surface area contributed by atoms with Gasteiger partial charge in [0.25, 0.3) is 0 Å². The Morgan fingerprint density at radius 2 is 1.96 bits per heavy atom. The van der Waals surface area contributed by atoms with Crippen molar-refractivity contribution in [1.29, 1.82) is 0 Å². The lowest BCUT2D eigenvalue weighted by molar-refractivity contribution is -0.134. The van der Waals surface area contributed by atoms with E-state index in [0.717, 1.165) is 29.8 Å². The van der Waals surface area contributed by atoms with Gasteiger partial charge in [-0.05, 0) is 48.9 Å². The third-order valence-electron chi connectivity index (χ3n) is 4.65. The standard InChI is InChI=1S/C20H24N2O2S/c1-24-20(23)13-10-16-14-19(15-8-11-18(25-2)12-9-15)22(21-16)17-6-4-3-5-7-17/h8-14,17H,3-7H2,1-2H3/b13-10+. The van der Waals surface area contributed by atoms with Crippen LogP contribution in [0.2, 0.25) is 0 Å². The summed E-state index contributed by atoms with van der Waals surface area (Å²) in [5.41, 5.74) is 3.07. The van der Waals surface area contributed by atoms with Crippen molar-refractivity contribution in [2.45, 2.75) is 43.0 Å². The zero-order valence-corrected chi connectivity index (χ0v) is 15.6. The summed E-state index contributed by atoms with van der Waals surface area (Å²) >= 11 is 1.74. The number of benzene rings is 1. The molecule has 0 saturated heterocycles. The molecule has 2 aromatic rings. The van der Waals surface area contributed by atoms with E-state index in [1.807, 2.05) is 0 Å². The third-order valence-corrected chi connectivity index (χ3v) is 5.40. The Hall–Kier alpha value is -2.01. The minimum absolute atomic E-state index is 0.363. The van der Waals surface area contributed by atoms with Crippen LogP contribution < -0.4 is 0 Å². The van der Waals surface area contributed by atoms with Crippen LogP contribution in [0, 0.1) is 0 Å². The molecule has 3 rings (SSSR count). The summed E-state index contributed by atoms with van der Waals surface area (Å²) in [5.74, 6) is -0.363. The number of thioether (sulfide) groups is 1. The summed E-state index contributed by atoms with van der Waals surface area (Å²) in [6, 6.07) is 11.1. The third kappa shape index (κ3) is 4.34. The number of hydrogen-bond donors (Lipinski definition) is 0. The first kappa shape index (κ1) is 17.8. The molecule has 1 aromatic carbocycles. The molecule has 1 aromatic heterocycles. The Morgan fingerprint density at radius 1 is 1.24 bits per heavy atom. The molecule has 1 saturated carbocycles. The Morgan fingerprint density at radius 3 is 2.60 bits per heavy atom. The second-order valence-electron chi connectivity index (χ2n) is 6.28. The summed E-state index contributed by atoms with van der Waals surface area (Å²) in [6.45, 7) is 0. The van der Waals surface area contributed by atoms with Crippen molar-refractivity contribution in [2.75, 3.05) is 13.4 Å². The predicted octanol–water partition coefficient (Wildman–Crippen LogP) is 4.96. The number of ether oxygens (including phenoxy) is 1. The maximum Gasteiger partial charge on any atom is 0.330 e. The van der Waals surface area contributed by atoms with Gasteiger partial charge in [0, 0.05) is 11.0 Å². The lowest BCUT2D eigenvalue weighted by Crippen LogP contribution is -2.15. The van der Waals surface area contributed by atoms with Crippen molar-refractivity contribution in [1.82, 2.24) is 9.78 Å². The largest absolute Gasteiger partial charge is 0.466 e. The molecule has 0 aliphatic heterocycles. The van der Waals surface area contributed by atoms with Crippen LogP contribution in [-0.4, -0.2) is 29.1 Å². The molecule has 1 aliphatic rings. The van der Waals surface area contributed by atoms with E-state index >= 15 is 0 Å². The number of methoxy groups -OCH3 is 1. The number of esters is 1. The van der Waals surface area contributed by atoms with Crippen molar-refractivity contribution in [3.05, 3.63) is 42.1 Å². The maximum absolute atomic E-state index is 11.4. The second-order valence-corrected chi connectivity index (χ2v) is 7.16. The minimum Gasteiger partial charge on any atom is -0.466 e. The van der Waals surface area contributed by atoms with Gasteiger partial charge in [-0.25, -0.2) is 4.79 Å². The Bertz CT molecular complexity index is 744. The van der Waals surface area contributed by atoms with Crippen molar-refractivity contribution >= 4 is 23.8 Å².